The van der Waals surface area contributed by atoms with Crippen molar-refractivity contribution in [2.75, 3.05) is 25.0 Å². The largest absolute Gasteiger partial charge is 0.352 e. The van der Waals surface area contributed by atoms with Gasteiger partial charge in [0.2, 0.25) is 0 Å². The van der Waals surface area contributed by atoms with Gasteiger partial charge in [-0.25, -0.2) is 15.0 Å². The van der Waals surface area contributed by atoms with Crippen molar-refractivity contribution in [1.29, 1.82) is 0 Å². The van der Waals surface area contributed by atoms with Crippen molar-refractivity contribution in [3.63, 3.8) is 0 Å². The van der Waals surface area contributed by atoms with Crippen LogP contribution in [0.5, 0.6) is 0 Å². The minimum atomic E-state index is 0.719. The molecule has 6 nitrogen and oxygen atoms in total. The molecule has 0 bridgehead atoms. The van der Waals surface area contributed by atoms with Crippen molar-refractivity contribution in [3.05, 3.63) is 71.7 Å². The Balaban J connectivity index is 1.55. The maximum atomic E-state index is 4.58. The van der Waals surface area contributed by atoms with Crippen molar-refractivity contribution in [1.82, 2.24) is 24.8 Å². The van der Waals surface area contributed by atoms with Gasteiger partial charge in [0.1, 0.15) is 18.0 Å². The highest BCUT2D eigenvalue weighted by Crippen LogP contribution is 2.22. The highest BCUT2D eigenvalue weighted by molar-refractivity contribution is 5.48. The van der Waals surface area contributed by atoms with Gasteiger partial charge in [-0.3, -0.25) is 0 Å². The molecule has 3 aromatic rings. The zero-order chi connectivity index (χ0) is 17.8. The summed E-state index contributed by atoms with van der Waals surface area (Å²) in [5.74, 6) is 2.06. The summed E-state index contributed by atoms with van der Waals surface area (Å²) in [6, 6.07) is 10.5. The fraction of sp³-hybridized carbons (Fsp3) is 0.350. The Morgan fingerprint density at radius 1 is 1.08 bits per heavy atom. The molecule has 0 fully saturated rings. The minimum Gasteiger partial charge on any atom is -0.352 e. The van der Waals surface area contributed by atoms with Gasteiger partial charge in [0, 0.05) is 44.5 Å². The summed E-state index contributed by atoms with van der Waals surface area (Å²) in [6.07, 6.45) is 7.53. The molecule has 0 atom stereocenters. The summed E-state index contributed by atoms with van der Waals surface area (Å²) >= 11 is 0. The number of nitrogens with zero attached hydrogens (tertiary/aromatic N) is 5. The first-order chi connectivity index (χ1) is 12.8. The van der Waals surface area contributed by atoms with Gasteiger partial charge in [-0.2, -0.15) is 0 Å². The van der Waals surface area contributed by atoms with Crippen molar-refractivity contribution >= 4 is 5.82 Å². The van der Waals surface area contributed by atoms with Crippen LogP contribution in [0.15, 0.2) is 49.1 Å². The predicted molar refractivity (Wildman–Crippen MR) is 102 cm³/mol. The van der Waals surface area contributed by atoms with E-state index in [1.54, 1.807) is 6.33 Å². The van der Waals surface area contributed by atoms with Crippen molar-refractivity contribution in [3.8, 4) is 0 Å². The second-order valence-corrected chi connectivity index (χ2v) is 6.69. The van der Waals surface area contributed by atoms with Gasteiger partial charge in [0.25, 0.3) is 0 Å². The van der Waals surface area contributed by atoms with Crippen molar-refractivity contribution in [2.24, 2.45) is 0 Å². The molecular weight excluding hydrogens is 324 g/mol. The first-order valence-electron chi connectivity index (χ1n) is 9.10. The summed E-state index contributed by atoms with van der Waals surface area (Å²) in [5.41, 5.74) is 3.71. The fourth-order valence-electron chi connectivity index (χ4n) is 3.49. The standard InChI is InChI=1S/C20H24N6/c1-25(20-17-7-9-21-10-8-18(17)23-15-24-20)14-19-22-11-12-26(19)13-16-5-3-2-4-6-16/h2-6,11-12,15,21H,7-10,13-14H2,1H3. The zero-order valence-electron chi connectivity index (χ0n) is 15.1. The van der Waals surface area contributed by atoms with Gasteiger partial charge < -0.3 is 14.8 Å². The number of hydrogen-bond acceptors (Lipinski definition) is 5. The van der Waals surface area contributed by atoms with Crippen LogP contribution in [0.25, 0.3) is 0 Å². The lowest BCUT2D eigenvalue weighted by atomic mass is 10.1. The van der Waals surface area contributed by atoms with Crippen LogP contribution < -0.4 is 10.2 Å². The average molecular weight is 348 g/mol. The number of fused-ring (bicyclic) bond motifs is 1. The molecule has 1 N–H and O–H groups in total. The summed E-state index contributed by atoms with van der Waals surface area (Å²) < 4.78 is 2.20. The molecule has 0 unspecified atom stereocenters. The van der Waals surface area contributed by atoms with Gasteiger partial charge in [0.15, 0.2) is 0 Å². The lowest BCUT2D eigenvalue weighted by Crippen LogP contribution is -2.23. The second kappa shape index (κ2) is 7.66. The van der Waals surface area contributed by atoms with Crippen LogP contribution in [0, 0.1) is 0 Å². The molecule has 134 valence electrons. The van der Waals surface area contributed by atoms with Crippen molar-refractivity contribution < 1.29 is 0 Å². The van der Waals surface area contributed by atoms with Crippen molar-refractivity contribution in [2.45, 2.75) is 25.9 Å². The number of anilines is 1. The highest BCUT2D eigenvalue weighted by Gasteiger charge is 2.18. The molecule has 1 aromatic carbocycles. The van der Waals surface area contributed by atoms with E-state index in [9.17, 15) is 0 Å². The maximum Gasteiger partial charge on any atom is 0.135 e. The van der Waals surface area contributed by atoms with E-state index in [1.807, 2.05) is 18.5 Å². The monoisotopic (exact) mass is 348 g/mol. The number of benzene rings is 1. The molecule has 0 amide bonds. The molecular formula is C20H24N6. The number of rotatable bonds is 5. The quantitative estimate of drug-likeness (QED) is 0.765. The van der Waals surface area contributed by atoms with E-state index in [1.165, 1.54) is 16.8 Å². The molecule has 26 heavy (non-hydrogen) atoms. The average Bonchev–Trinajstić information content (AvgIpc) is 2.95. The molecule has 1 aliphatic heterocycles. The molecule has 0 spiro atoms. The maximum absolute atomic E-state index is 4.58. The van der Waals surface area contributed by atoms with E-state index < -0.39 is 0 Å². The smallest absolute Gasteiger partial charge is 0.135 e. The summed E-state index contributed by atoms with van der Waals surface area (Å²) in [7, 11) is 2.09. The molecule has 0 saturated carbocycles. The predicted octanol–water partition coefficient (Wildman–Crippen LogP) is 2.05. The van der Waals surface area contributed by atoms with E-state index in [0.717, 1.165) is 50.7 Å². The normalized spacial score (nSPS) is 13.9. The van der Waals surface area contributed by atoms with Gasteiger partial charge in [-0.1, -0.05) is 30.3 Å². The Bertz CT molecular complexity index is 858. The van der Waals surface area contributed by atoms with Crippen LogP contribution in [0.4, 0.5) is 5.82 Å². The number of hydrogen-bond donors (Lipinski definition) is 1. The fourth-order valence-corrected chi connectivity index (χ4v) is 3.49. The lowest BCUT2D eigenvalue weighted by Gasteiger charge is -2.22. The Morgan fingerprint density at radius 3 is 2.81 bits per heavy atom. The Morgan fingerprint density at radius 2 is 1.92 bits per heavy atom. The van der Waals surface area contributed by atoms with Gasteiger partial charge in [-0.05, 0) is 18.5 Å². The van der Waals surface area contributed by atoms with Crippen LogP contribution >= 0.6 is 0 Å². The van der Waals surface area contributed by atoms with E-state index in [0.29, 0.717) is 0 Å². The number of aromatic nitrogens is 4. The van der Waals surface area contributed by atoms with Crippen LogP contribution in [-0.4, -0.2) is 39.7 Å². The summed E-state index contributed by atoms with van der Waals surface area (Å²) in [4.78, 5) is 15.8. The third-order valence-electron chi connectivity index (χ3n) is 4.84. The molecule has 4 rings (SSSR count). The Labute approximate surface area is 153 Å². The molecule has 6 heteroatoms. The van der Waals surface area contributed by atoms with E-state index in [2.05, 4.69) is 61.0 Å². The second-order valence-electron chi connectivity index (χ2n) is 6.69. The third-order valence-corrected chi connectivity index (χ3v) is 4.84. The summed E-state index contributed by atoms with van der Waals surface area (Å²) in [5, 5.41) is 3.44. The lowest BCUT2D eigenvalue weighted by molar-refractivity contribution is 0.698. The Kier molecular flexibility index (Phi) is 4.93. The third kappa shape index (κ3) is 3.60. The topological polar surface area (TPSA) is 58.9 Å². The molecule has 1 aliphatic rings. The SMILES string of the molecule is CN(Cc1nccn1Cc1ccccc1)c1ncnc2c1CCNCC2. The summed E-state index contributed by atoms with van der Waals surface area (Å²) in [6.45, 7) is 3.50. The van der Waals surface area contributed by atoms with E-state index >= 15 is 0 Å². The highest BCUT2D eigenvalue weighted by atomic mass is 15.2. The first-order valence-corrected chi connectivity index (χ1v) is 9.10. The van der Waals surface area contributed by atoms with Crippen LogP contribution in [0.2, 0.25) is 0 Å². The molecule has 0 radical (unpaired) electrons. The number of imidazole rings is 1. The zero-order valence-corrected chi connectivity index (χ0v) is 15.1. The van der Waals surface area contributed by atoms with Gasteiger partial charge >= 0.3 is 0 Å². The van der Waals surface area contributed by atoms with Crippen LogP contribution in [0.1, 0.15) is 22.6 Å². The van der Waals surface area contributed by atoms with Crippen LogP contribution in [0.3, 0.4) is 0 Å². The Hall–Kier alpha value is -2.73. The van der Waals surface area contributed by atoms with E-state index in [-0.39, 0.29) is 0 Å². The van der Waals surface area contributed by atoms with Gasteiger partial charge in [-0.15, -0.1) is 0 Å². The van der Waals surface area contributed by atoms with Crippen LogP contribution in [-0.2, 0) is 25.9 Å². The van der Waals surface area contributed by atoms with E-state index in [4.69, 9.17) is 0 Å². The molecule has 0 saturated heterocycles. The van der Waals surface area contributed by atoms with Gasteiger partial charge in [0.05, 0.1) is 12.2 Å². The molecule has 2 aromatic heterocycles. The molecule has 3 heterocycles. The molecule has 0 aliphatic carbocycles. The first kappa shape index (κ1) is 16.7. The number of nitrogens with one attached hydrogen (secondary N) is 1. The minimum absolute atomic E-state index is 0.719.